The molecule has 0 radical (unpaired) electrons. The van der Waals surface area contributed by atoms with E-state index in [2.05, 4.69) is 47.8 Å². The first-order valence-electron chi connectivity index (χ1n) is 4.79. The van der Waals surface area contributed by atoms with Crippen LogP contribution in [0.4, 0.5) is 0 Å². The van der Waals surface area contributed by atoms with Gasteiger partial charge in [0.2, 0.25) is 0 Å². The molecule has 0 aromatic heterocycles. The van der Waals surface area contributed by atoms with Crippen LogP contribution in [-0.2, 0) is 0 Å². The van der Waals surface area contributed by atoms with Crippen LogP contribution in [0.1, 0.15) is 20.3 Å². The molecule has 1 N–H and O–H groups in total. The van der Waals surface area contributed by atoms with Crippen LogP contribution in [0.5, 0.6) is 5.75 Å². The van der Waals surface area contributed by atoms with Crippen molar-refractivity contribution in [2.75, 3.05) is 6.61 Å². The van der Waals surface area contributed by atoms with Crippen molar-refractivity contribution >= 4 is 47.8 Å². The monoisotopic (exact) mass is 414 g/mol. The van der Waals surface area contributed by atoms with Gasteiger partial charge in [-0.1, -0.05) is 15.9 Å². The van der Waals surface area contributed by atoms with Crippen LogP contribution in [0.25, 0.3) is 0 Å². The first kappa shape index (κ1) is 14.5. The molecule has 1 aromatic rings. The first-order valence-corrected chi connectivity index (χ1v) is 7.17. The maximum Gasteiger partial charge on any atom is 0.147 e. The fraction of sp³-hybridized carbons (Fsp3) is 0.455. The fourth-order valence-electron chi connectivity index (χ4n) is 1.07. The van der Waals surface area contributed by atoms with Gasteiger partial charge in [-0.2, -0.15) is 0 Å². The highest BCUT2D eigenvalue weighted by molar-refractivity contribution is 9.11. The lowest BCUT2D eigenvalue weighted by atomic mass is 10.1. The van der Waals surface area contributed by atoms with E-state index in [-0.39, 0.29) is 0 Å². The molecule has 0 aliphatic carbocycles. The van der Waals surface area contributed by atoms with Crippen molar-refractivity contribution in [3.05, 3.63) is 25.6 Å². The number of hydrogen-bond acceptors (Lipinski definition) is 2. The van der Waals surface area contributed by atoms with Crippen molar-refractivity contribution in [1.29, 1.82) is 0 Å². The predicted octanol–water partition coefficient (Wildman–Crippen LogP) is 4.51. The second kappa shape index (κ2) is 5.85. The van der Waals surface area contributed by atoms with Crippen LogP contribution in [0, 0.1) is 0 Å². The van der Waals surface area contributed by atoms with Crippen LogP contribution in [0.15, 0.2) is 25.6 Å². The number of rotatable bonds is 4. The van der Waals surface area contributed by atoms with E-state index < -0.39 is 5.60 Å². The molecule has 0 spiro atoms. The second-order valence-corrected chi connectivity index (χ2v) is 6.73. The quantitative estimate of drug-likeness (QED) is 0.782. The molecule has 0 amide bonds. The van der Waals surface area contributed by atoms with Crippen LogP contribution in [-0.4, -0.2) is 17.3 Å². The van der Waals surface area contributed by atoms with Crippen molar-refractivity contribution in [3.63, 3.8) is 0 Å². The van der Waals surface area contributed by atoms with Crippen molar-refractivity contribution in [3.8, 4) is 5.75 Å². The molecule has 0 heterocycles. The van der Waals surface area contributed by atoms with Gasteiger partial charge in [-0.15, -0.1) is 0 Å². The Balaban J connectivity index is 2.68. The van der Waals surface area contributed by atoms with E-state index in [9.17, 15) is 5.11 Å². The average molecular weight is 417 g/mol. The Morgan fingerprint density at radius 2 is 1.69 bits per heavy atom. The average Bonchev–Trinajstić information content (AvgIpc) is 2.07. The molecule has 0 aliphatic heterocycles. The van der Waals surface area contributed by atoms with Crippen molar-refractivity contribution in [2.24, 2.45) is 0 Å². The summed E-state index contributed by atoms with van der Waals surface area (Å²) in [5.41, 5.74) is -0.700. The van der Waals surface area contributed by atoms with Gasteiger partial charge in [0.1, 0.15) is 5.75 Å². The van der Waals surface area contributed by atoms with Gasteiger partial charge in [-0.25, -0.2) is 0 Å². The standard InChI is InChI=1S/C11H13Br3O2/c1-11(2,15)3-4-16-10-8(13)5-7(12)6-9(10)14/h5-6,15H,3-4H2,1-2H3. The second-order valence-electron chi connectivity index (χ2n) is 4.11. The number of aliphatic hydroxyl groups is 1. The van der Waals surface area contributed by atoms with Gasteiger partial charge in [-0.05, 0) is 57.8 Å². The highest BCUT2D eigenvalue weighted by Crippen LogP contribution is 2.36. The molecule has 0 aliphatic rings. The molecule has 0 saturated carbocycles. The Kier molecular flexibility index (Phi) is 5.29. The van der Waals surface area contributed by atoms with Crippen molar-refractivity contribution in [1.82, 2.24) is 0 Å². The molecule has 0 fully saturated rings. The maximum absolute atomic E-state index is 9.57. The molecule has 1 aromatic carbocycles. The first-order chi connectivity index (χ1) is 7.29. The number of halogens is 3. The molecule has 0 bridgehead atoms. The maximum atomic E-state index is 9.57. The van der Waals surface area contributed by atoms with E-state index in [1.165, 1.54) is 0 Å². The largest absolute Gasteiger partial charge is 0.491 e. The van der Waals surface area contributed by atoms with Crippen LogP contribution >= 0.6 is 47.8 Å². The van der Waals surface area contributed by atoms with E-state index in [0.29, 0.717) is 13.0 Å². The summed E-state index contributed by atoms with van der Waals surface area (Å²) < 4.78 is 8.36. The van der Waals surface area contributed by atoms with Gasteiger partial charge in [-0.3, -0.25) is 0 Å². The zero-order chi connectivity index (χ0) is 12.3. The Morgan fingerprint density at radius 1 is 1.19 bits per heavy atom. The fourth-order valence-corrected chi connectivity index (χ4v) is 3.56. The minimum absolute atomic E-state index is 0.475. The van der Waals surface area contributed by atoms with Gasteiger partial charge < -0.3 is 9.84 Å². The van der Waals surface area contributed by atoms with Gasteiger partial charge in [0, 0.05) is 10.9 Å². The molecular weight excluding hydrogens is 404 g/mol. The zero-order valence-corrected chi connectivity index (χ0v) is 13.8. The molecule has 90 valence electrons. The Bertz CT molecular complexity index is 349. The van der Waals surface area contributed by atoms with Gasteiger partial charge >= 0.3 is 0 Å². The molecule has 5 heteroatoms. The minimum Gasteiger partial charge on any atom is -0.491 e. The summed E-state index contributed by atoms with van der Waals surface area (Å²) in [6.07, 6.45) is 0.585. The zero-order valence-electron chi connectivity index (χ0n) is 9.06. The summed E-state index contributed by atoms with van der Waals surface area (Å²) in [4.78, 5) is 0. The van der Waals surface area contributed by atoms with E-state index in [4.69, 9.17) is 4.74 Å². The molecular formula is C11H13Br3O2. The third kappa shape index (κ3) is 4.73. The van der Waals surface area contributed by atoms with E-state index in [1.54, 1.807) is 13.8 Å². The summed E-state index contributed by atoms with van der Waals surface area (Å²) in [7, 11) is 0. The van der Waals surface area contributed by atoms with Gasteiger partial charge in [0.25, 0.3) is 0 Å². The van der Waals surface area contributed by atoms with Gasteiger partial charge in [0.15, 0.2) is 0 Å². The van der Waals surface area contributed by atoms with Crippen molar-refractivity contribution in [2.45, 2.75) is 25.9 Å². The third-order valence-corrected chi connectivity index (χ3v) is 3.56. The van der Waals surface area contributed by atoms with Crippen molar-refractivity contribution < 1.29 is 9.84 Å². The lowest BCUT2D eigenvalue weighted by Crippen LogP contribution is -2.21. The normalized spacial score (nSPS) is 11.6. The van der Waals surface area contributed by atoms with Crippen LogP contribution in [0.3, 0.4) is 0 Å². The molecule has 2 nitrogen and oxygen atoms in total. The summed E-state index contributed by atoms with van der Waals surface area (Å²) in [5.74, 6) is 0.757. The SMILES string of the molecule is CC(C)(O)CCOc1c(Br)cc(Br)cc1Br. The summed E-state index contributed by atoms with van der Waals surface area (Å²) in [6.45, 7) is 4.01. The third-order valence-electron chi connectivity index (χ3n) is 1.92. The molecule has 0 unspecified atom stereocenters. The number of ether oxygens (including phenoxy) is 1. The van der Waals surface area contributed by atoms with Crippen LogP contribution < -0.4 is 4.74 Å². The Hall–Kier alpha value is 0.420. The summed E-state index contributed by atoms with van der Waals surface area (Å²) >= 11 is 10.3. The molecule has 1 rings (SSSR count). The summed E-state index contributed by atoms with van der Waals surface area (Å²) in [5, 5.41) is 9.57. The predicted molar refractivity (Wildman–Crippen MR) is 76.0 cm³/mol. The molecule has 0 saturated heterocycles. The topological polar surface area (TPSA) is 29.5 Å². The molecule has 0 atom stereocenters. The minimum atomic E-state index is -0.700. The highest BCUT2D eigenvalue weighted by Gasteiger charge is 2.14. The molecule has 16 heavy (non-hydrogen) atoms. The Labute approximate surface area is 121 Å². The number of hydrogen-bond donors (Lipinski definition) is 1. The smallest absolute Gasteiger partial charge is 0.147 e. The number of benzene rings is 1. The lowest BCUT2D eigenvalue weighted by Gasteiger charge is -2.18. The summed E-state index contributed by atoms with van der Waals surface area (Å²) in [6, 6.07) is 3.84. The van der Waals surface area contributed by atoms with Gasteiger partial charge in [0.05, 0.1) is 21.2 Å². The van der Waals surface area contributed by atoms with E-state index in [0.717, 1.165) is 19.2 Å². The lowest BCUT2D eigenvalue weighted by molar-refractivity contribution is 0.0551. The van der Waals surface area contributed by atoms with E-state index >= 15 is 0 Å². The van der Waals surface area contributed by atoms with E-state index in [1.807, 2.05) is 12.1 Å². The highest BCUT2D eigenvalue weighted by atomic mass is 79.9. The Morgan fingerprint density at radius 3 is 2.12 bits per heavy atom. The van der Waals surface area contributed by atoms with Crippen LogP contribution in [0.2, 0.25) is 0 Å².